The number of carbonyl (C=O) groups excluding carboxylic acids is 1. The molecule has 1 aliphatic rings. The topological polar surface area (TPSA) is 92.4 Å². The molecule has 4 N–H and O–H groups in total. The number of aryl methyl sites for hydroxylation is 1. The summed E-state index contributed by atoms with van der Waals surface area (Å²) in [6.45, 7) is 0.557. The number of carboxylic acid groups (broad SMARTS) is 1. The van der Waals surface area contributed by atoms with Crippen molar-refractivity contribution in [2.45, 2.75) is 38.1 Å². The van der Waals surface area contributed by atoms with Crippen LogP contribution in [0.1, 0.15) is 36.8 Å². The van der Waals surface area contributed by atoms with Crippen molar-refractivity contribution in [3.8, 4) is 0 Å². The highest BCUT2D eigenvalue weighted by molar-refractivity contribution is 5.78. The molecule has 0 radical (unpaired) electrons. The number of hydrogen-bond acceptors (Lipinski definition) is 3. The maximum absolute atomic E-state index is 11.7. The van der Waals surface area contributed by atoms with Gasteiger partial charge in [0, 0.05) is 13.0 Å². The molecule has 0 saturated heterocycles. The van der Waals surface area contributed by atoms with Crippen molar-refractivity contribution in [1.29, 1.82) is 0 Å². The third-order valence-corrected chi connectivity index (χ3v) is 3.88. The number of nitrogens with one attached hydrogen (secondary N) is 1. The molecule has 22 heavy (non-hydrogen) atoms. The van der Waals surface area contributed by atoms with Gasteiger partial charge >= 0.3 is 5.97 Å². The second-order valence-electron chi connectivity index (χ2n) is 5.51. The lowest BCUT2D eigenvalue weighted by Gasteiger charge is -2.18. The first-order valence-electron chi connectivity index (χ1n) is 7.60. The van der Waals surface area contributed by atoms with Crippen molar-refractivity contribution in [3.63, 3.8) is 0 Å². The third kappa shape index (κ3) is 4.43. The molecule has 0 aromatic heterocycles. The fourth-order valence-corrected chi connectivity index (χ4v) is 2.64. The highest BCUT2D eigenvalue weighted by Crippen LogP contribution is 2.28. The van der Waals surface area contributed by atoms with Gasteiger partial charge in [0.1, 0.15) is 6.04 Å². The second kappa shape index (κ2) is 7.75. The lowest BCUT2D eigenvalue weighted by Crippen LogP contribution is -2.33. The van der Waals surface area contributed by atoms with Gasteiger partial charge in [0.15, 0.2) is 0 Å². The van der Waals surface area contributed by atoms with Crippen LogP contribution in [0.25, 0.3) is 5.57 Å². The summed E-state index contributed by atoms with van der Waals surface area (Å²) in [5.74, 6) is -1.22. The number of amides is 1. The highest BCUT2D eigenvalue weighted by Gasteiger charge is 2.14. The normalized spacial score (nSPS) is 14.7. The van der Waals surface area contributed by atoms with Crippen LogP contribution in [0.5, 0.6) is 0 Å². The molecule has 1 unspecified atom stereocenters. The smallest absolute Gasteiger partial charge is 0.320 e. The van der Waals surface area contributed by atoms with Gasteiger partial charge in [-0.25, -0.2) is 0 Å². The quantitative estimate of drug-likeness (QED) is 0.715. The van der Waals surface area contributed by atoms with Crippen molar-refractivity contribution in [2.75, 3.05) is 6.54 Å². The second-order valence-corrected chi connectivity index (χ2v) is 5.51. The van der Waals surface area contributed by atoms with Crippen LogP contribution < -0.4 is 11.1 Å². The van der Waals surface area contributed by atoms with E-state index in [2.05, 4.69) is 29.6 Å². The van der Waals surface area contributed by atoms with Crippen LogP contribution in [0, 0.1) is 0 Å². The lowest BCUT2D eigenvalue weighted by molar-refractivity contribution is -0.138. The van der Waals surface area contributed by atoms with E-state index in [1.165, 1.54) is 16.7 Å². The number of carboxylic acids is 1. The summed E-state index contributed by atoms with van der Waals surface area (Å²) in [5.41, 5.74) is 9.28. The minimum atomic E-state index is -1.07. The van der Waals surface area contributed by atoms with E-state index in [4.69, 9.17) is 10.8 Å². The van der Waals surface area contributed by atoms with Crippen molar-refractivity contribution in [2.24, 2.45) is 5.73 Å². The van der Waals surface area contributed by atoms with Crippen LogP contribution in [0.2, 0.25) is 0 Å². The predicted molar refractivity (Wildman–Crippen MR) is 85.2 cm³/mol. The van der Waals surface area contributed by atoms with Gasteiger partial charge in [-0.1, -0.05) is 30.3 Å². The Balaban J connectivity index is 1.76. The van der Waals surface area contributed by atoms with Gasteiger partial charge in [0.05, 0.1) is 0 Å². The Bertz CT molecular complexity index is 581. The van der Waals surface area contributed by atoms with Gasteiger partial charge in [-0.2, -0.15) is 0 Å². The monoisotopic (exact) mass is 302 g/mol. The van der Waals surface area contributed by atoms with Crippen LogP contribution in [0.15, 0.2) is 30.3 Å². The van der Waals surface area contributed by atoms with Gasteiger partial charge in [-0.15, -0.1) is 0 Å². The molecule has 1 aromatic rings. The van der Waals surface area contributed by atoms with Gasteiger partial charge in [0.2, 0.25) is 5.91 Å². The molecule has 5 nitrogen and oxygen atoms in total. The van der Waals surface area contributed by atoms with Crippen molar-refractivity contribution < 1.29 is 14.7 Å². The summed E-state index contributed by atoms with van der Waals surface area (Å²) in [6.07, 6.45) is 5.42. The van der Waals surface area contributed by atoms with Crippen molar-refractivity contribution in [3.05, 3.63) is 41.5 Å². The Morgan fingerprint density at radius 3 is 2.86 bits per heavy atom. The first-order valence-corrected chi connectivity index (χ1v) is 7.60. The van der Waals surface area contributed by atoms with E-state index in [1.807, 2.05) is 6.07 Å². The average Bonchev–Trinajstić information content (AvgIpc) is 2.52. The number of aliphatic carboxylic acids is 1. The molecular formula is C17H22N2O3. The Labute approximate surface area is 130 Å². The van der Waals surface area contributed by atoms with Crippen LogP contribution in [-0.4, -0.2) is 29.6 Å². The number of benzene rings is 1. The minimum Gasteiger partial charge on any atom is -0.480 e. The molecule has 118 valence electrons. The molecule has 5 heteroatoms. The zero-order valence-electron chi connectivity index (χ0n) is 12.5. The summed E-state index contributed by atoms with van der Waals surface area (Å²) < 4.78 is 0. The van der Waals surface area contributed by atoms with Gasteiger partial charge in [0.25, 0.3) is 0 Å². The predicted octanol–water partition coefficient (Wildman–Crippen LogP) is 1.71. The Morgan fingerprint density at radius 2 is 2.09 bits per heavy atom. The van der Waals surface area contributed by atoms with E-state index in [9.17, 15) is 9.59 Å². The van der Waals surface area contributed by atoms with E-state index in [1.54, 1.807) is 0 Å². The van der Waals surface area contributed by atoms with E-state index < -0.39 is 12.0 Å². The zero-order valence-corrected chi connectivity index (χ0v) is 12.5. The molecule has 1 aromatic carbocycles. The summed E-state index contributed by atoms with van der Waals surface area (Å²) in [5, 5.41) is 11.5. The number of carbonyl (C=O) groups is 2. The maximum atomic E-state index is 11.7. The third-order valence-electron chi connectivity index (χ3n) is 3.88. The van der Waals surface area contributed by atoms with Crippen LogP contribution in [0.4, 0.5) is 0 Å². The van der Waals surface area contributed by atoms with E-state index in [0.717, 1.165) is 19.3 Å². The summed E-state index contributed by atoms with van der Waals surface area (Å²) >= 11 is 0. The van der Waals surface area contributed by atoms with Crippen molar-refractivity contribution in [1.82, 2.24) is 5.32 Å². The first kappa shape index (κ1) is 16.2. The average molecular weight is 302 g/mol. The molecule has 1 amide bonds. The van der Waals surface area contributed by atoms with Crippen LogP contribution in [0.3, 0.4) is 0 Å². The zero-order chi connectivity index (χ0) is 15.9. The molecule has 1 atom stereocenters. The maximum Gasteiger partial charge on any atom is 0.320 e. The Morgan fingerprint density at radius 1 is 1.32 bits per heavy atom. The van der Waals surface area contributed by atoms with E-state index in [0.29, 0.717) is 6.54 Å². The number of rotatable bonds is 7. The molecule has 0 aliphatic heterocycles. The molecule has 2 rings (SSSR count). The van der Waals surface area contributed by atoms with Gasteiger partial charge < -0.3 is 16.2 Å². The highest BCUT2D eigenvalue weighted by atomic mass is 16.4. The Kier molecular flexibility index (Phi) is 5.72. The minimum absolute atomic E-state index is 0.142. The summed E-state index contributed by atoms with van der Waals surface area (Å²) in [6, 6.07) is 7.38. The van der Waals surface area contributed by atoms with Gasteiger partial charge in [-0.3, -0.25) is 9.59 Å². The fraction of sp³-hybridized carbons (Fsp3) is 0.412. The molecule has 0 bridgehead atoms. The number of allylic oxidation sites excluding steroid dienone is 1. The van der Waals surface area contributed by atoms with E-state index in [-0.39, 0.29) is 18.7 Å². The van der Waals surface area contributed by atoms with Crippen LogP contribution >= 0.6 is 0 Å². The van der Waals surface area contributed by atoms with Crippen LogP contribution in [-0.2, 0) is 16.0 Å². The molecule has 0 fully saturated rings. The standard InChI is InChI=1S/C17H22N2O3/c18-15(17(21)22)8-9-16(20)19-11-10-13-6-3-5-12-4-1-2-7-14(12)13/h1-2,4,6-7,15H,3,5,8-11,18H2,(H,19,20)(H,21,22). The van der Waals surface area contributed by atoms with Crippen molar-refractivity contribution >= 4 is 17.4 Å². The summed E-state index contributed by atoms with van der Waals surface area (Å²) in [7, 11) is 0. The first-order chi connectivity index (χ1) is 10.6. The Hall–Kier alpha value is -2.14. The molecular weight excluding hydrogens is 280 g/mol. The largest absolute Gasteiger partial charge is 0.480 e. The van der Waals surface area contributed by atoms with Gasteiger partial charge in [-0.05, 0) is 42.4 Å². The molecule has 0 spiro atoms. The number of nitrogens with two attached hydrogens (primary N) is 1. The molecule has 0 heterocycles. The SMILES string of the molecule is NC(CCC(=O)NCCC1=CCCc2ccccc21)C(=O)O. The number of fused-ring (bicyclic) bond motifs is 1. The fourth-order valence-electron chi connectivity index (χ4n) is 2.64. The lowest BCUT2D eigenvalue weighted by atomic mass is 9.89. The van der Waals surface area contributed by atoms with E-state index >= 15 is 0 Å². The molecule has 1 aliphatic carbocycles. The summed E-state index contributed by atoms with van der Waals surface area (Å²) in [4.78, 5) is 22.3. The number of hydrogen-bond donors (Lipinski definition) is 3. The molecule has 0 saturated carbocycles.